The molecule has 1 atom stereocenters. The summed E-state index contributed by atoms with van der Waals surface area (Å²) in [7, 11) is 0. The number of fused-ring (bicyclic) bond motifs is 2. The fraction of sp³-hybridized carbons (Fsp3) is 0.143. The van der Waals surface area contributed by atoms with Gasteiger partial charge in [0.25, 0.3) is 0 Å². The van der Waals surface area contributed by atoms with Crippen LogP contribution in [0.2, 0.25) is 0 Å². The van der Waals surface area contributed by atoms with Crippen LogP contribution in [-0.2, 0) is 22.4 Å². The molecular formula is C21H22N4O3. The first kappa shape index (κ1) is 19.2. The second kappa shape index (κ2) is 8.41. The number of amides is 1. The Hall–Kier alpha value is -3.58. The molecule has 7 N–H and O–H groups in total. The lowest BCUT2D eigenvalue weighted by atomic mass is 10.1. The van der Waals surface area contributed by atoms with E-state index in [4.69, 9.17) is 16.6 Å². The monoisotopic (exact) mass is 378 g/mol. The lowest BCUT2D eigenvalue weighted by molar-refractivity contribution is -0.138. The van der Waals surface area contributed by atoms with E-state index in [1.54, 1.807) is 0 Å². The van der Waals surface area contributed by atoms with Crippen LogP contribution in [0.5, 0.6) is 0 Å². The highest BCUT2D eigenvalue weighted by Gasteiger charge is 2.14. The molecule has 0 aliphatic rings. The van der Waals surface area contributed by atoms with Gasteiger partial charge in [-0.2, -0.15) is 0 Å². The summed E-state index contributed by atoms with van der Waals surface area (Å²) in [4.78, 5) is 27.5. The summed E-state index contributed by atoms with van der Waals surface area (Å²) in [5.74, 6) is -1.29. The Morgan fingerprint density at radius 1 is 1.04 bits per heavy atom. The molecule has 0 radical (unpaired) electrons. The van der Waals surface area contributed by atoms with Gasteiger partial charge in [0.1, 0.15) is 6.04 Å². The number of rotatable bonds is 5. The molecule has 7 heteroatoms. The third-order valence-corrected chi connectivity index (χ3v) is 4.38. The van der Waals surface area contributed by atoms with Crippen molar-refractivity contribution in [2.75, 3.05) is 0 Å². The van der Waals surface area contributed by atoms with Gasteiger partial charge in [-0.15, -0.1) is 0 Å². The molecule has 1 amide bonds. The molecule has 0 unspecified atom stereocenters. The maximum Gasteiger partial charge on any atom is 0.320 e. The number of aromatic nitrogens is 2. The molecule has 0 aliphatic heterocycles. The van der Waals surface area contributed by atoms with Crippen LogP contribution >= 0.6 is 0 Å². The maximum atomic E-state index is 10.6. The van der Waals surface area contributed by atoms with E-state index in [0.29, 0.717) is 6.42 Å². The van der Waals surface area contributed by atoms with Crippen molar-refractivity contribution in [3.63, 3.8) is 0 Å². The number of carboxylic acids is 1. The number of carbonyl (C=O) groups is 2. The Kier molecular flexibility index (Phi) is 5.76. The minimum atomic E-state index is -0.972. The highest BCUT2D eigenvalue weighted by molar-refractivity contribution is 5.84. The highest BCUT2D eigenvalue weighted by atomic mass is 16.4. The zero-order valence-corrected chi connectivity index (χ0v) is 15.2. The van der Waals surface area contributed by atoms with E-state index >= 15 is 0 Å². The predicted octanol–water partition coefficient (Wildman–Crippen LogP) is 2.32. The van der Waals surface area contributed by atoms with Crippen LogP contribution in [0.1, 0.15) is 11.3 Å². The predicted molar refractivity (Wildman–Crippen MR) is 109 cm³/mol. The topological polar surface area (TPSA) is 138 Å². The first-order valence-electron chi connectivity index (χ1n) is 8.82. The second-order valence-electron chi connectivity index (χ2n) is 6.53. The average molecular weight is 378 g/mol. The molecule has 0 spiro atoms. The van der Waals surface area contributed by atoms with Gasteiger partial charge in [0.2, 0.25) is 5.91 Å². The van der Waals surface area contributed by atoms with Crippen LogP contribution in [-0.4, -0.2) is 33.0 Å². The van der Waals surface area contributed by atoms with Crippen LogP contribution in [0, 0.1) is 0 Å². The Morgan fingerprint density at radius 3 is 2.39 bits per heavy atom. The first-order valence-corrected chi connectivity index (χ1v) is 8.82. The number of benzene rings is 2. The lowest BCUT2D eigenvalue weighted by Crippen LogP contribution is -2.32. The number of primary amides is 1. The molecule has 2 heterocycles. The zero-order valence-electron chi connectivity index (χ0n) is 15.2. The first-order chi connectivity index (χ1) is 13.4. The molecule has 7 nitrogen and oxygen atoms in total. The molecule has 144 valence electrons. The van der Waals surface area contributed by atoms with Gasteiger partial charge in [0.05, 0.1) is 6.42 Å². The van der Waals surface area contributed by atoms with Gasteiger partial charge in [-0.1, -0.05) is 36.4 Å². The van der Waals surface area contributed by atoms with E-state index in [2.05, 4.69) is 9.97 Å². The Bertz CT molecular complexity index is 1080. The number of hydrogen-bond donors (Lipinski definition) is 5. The van der Waals surface area contributed by atoms with Gasteiger partial charge in [-0.05, 0) is 29.1 Å². The van der Waals surface area contributed by atoms with Crippen molar-refractivity contribution in [2.24, 2.45) is 11.5 Å². The van der Waals surface area contributed by atoms with Crippen molar-refractivity contribution in [1.82, 2.24) is 9.97 Å². The normalized spacial score (nSPS) is 11.8. The molecule has 0 saturated carbocycles. The van der Waals surface area contributed by atoms with Crippen LogP contribution in [0.15, 0.2) is 60.8 Å². The summed E-state index contributed by atoms with van der Waals surface area (Å²) in [5, 5.41) is 10.9. The standard InChI is InChI=1S/C11H12N2O2.C10H10N2O/c12-9(11(14)15)5-7-6-13-10-4-2-1-3-8(7)10;11-10(13)6-8-5-7-3-1-2-4-9(7)12-8/h1-4,6,9,13H,5,12H2,(H,14,15);1-5,12H,6H2,(H2,11,13)/t9-;/m0./s1. The number of aliphatic carboxylic acids is 1. The van der Waals surface area contributed by atoms with E-state index in [-0.39, 0.29) is 12.3 Å². The summed E-state index contributed by atoms with van der Waals surface area (Å²) in [6.07, 6.45) is 2.43. The largest absolute Gasteiger partial charge is 0.480 e. The molecule has 4 aromatic rings. The molecule has 2 aromatic heterocycles. The summed E-state index contributed by atoms with van der Waals surface area (Å²) in [6.45, 7) is 0. The summed E-state index contributed by atoms with van der Waals surface area (Å²) in [6, 6.07) is 16.7. The molecule has 2 aromatic carbocycles. The van der Waals surface area contributed by atoms with Gasteiger partial charge in [0.15, 0.2) is 0 Å². The Balaban J connectivity index is 0.000000162. The van der Waals surface area contributed by atoms with Gasteiger partial charge >= 0.3 is 5.97 Å². The SMILES string of the molecule is NC(=O)Cc1cc2ccccc2[nH]1.N[C@@H](Cc1c[nH]c2ccccc12)C(=O)O. The maximum absolute atomic E-state index is 10.6. The summed E-state index contributed by atoms with van der Waals surface area (Å²) >= 11 is 0. The number of carboxylic acid groups (broad SMARTS) is 1. The number of H-pyrrole nitrogens is 2. The quantitative estimate of drug-likeness (QED) is 0.364. The van der Waals surface area contributed by atoms with E-state index in [0.717, 1.165) is 33.1 Å². The van der Waals surface area contributed by atoms with Crippen molar-refractivity contribution >= 4 is 33.7 Å². The summed E-state index contributed by atoms with van der Waals surface area (Å²) < 4.78 is 0. The van der Waals surface area contributed by atoms with Crippen molar-refractivity contribution in [3.8, 4) is 0 Å². The molecule has 4 rings (SSSR count). The van der Waals surface area contributed by atoms with E-state index in [1.807, 2.05) is 60.8 Å². The molecule has 28 heavy (non-hydrogen) atoms. The fourth-order valence-electron chi connectivity index (χ4n) is 3.04. The number of aromatic amines is 2. The van der Waals surface area contributed by atoms with E-state index < -0.39 is 12.0 Å². The molecular weight excluding hydrogens is 356 g/mol. The van der Waals surface area contributed by atoms with Gasteiger partial charge in [-0.25, -0.2) is 0 Å². The van der Waals surface area contributed by atoms with Crippen molar-refractivity contribution in [2.45, 2.75) is 18.9 Å². The van der Waals surface area contributed by atoms with Gasteiger partial charge in [0, 0.05) is 34.7 Å². The third kappa shape index (κ3) is 4.57. The smallest absolute Gasteiger partial charge is 0.320 e. The third-order valence-electron chi connectivity index (χ3n) is 4.38. The minimum Gasteiger partial charge on any atom is -0.480 e. The van der Waals surface area contributed by atoms with Gasteiger partial charge < -0.3 is 26.5 Å². The number of carbonyl (C=O) groups excluding carboxylic acids is 1. The highest BCUT2D eigenvalue weighted by Crippen LogP contribution is 2.18. The van der Waals surface area contributed by atoms with E-state index in [1.165, 1.54) is 0 Å². The molecule has 0 aliphatic carbocycles. The van der Waals surface area contributed by atoms with Crippen molar-refractivity contribution in [1.29, 1.82) is 0 Å². The number of hydrogen-bond acceptors (Lipinski definition) is 3. The zero-order chi connectivity index (χ0) is 20.1. The number of nitrogens with one attached hydrogen (secondary N) is 2. The lowest BCUT2D eigenvalue weighted by Gasteiger charge is -2.04. The minimum absolute atomic E-state index is 0.272. The number of para-hydroxylation sites is 2. The van der Waals surface area contributed by atoms with Crippen LogP contribution in [0.25, 0.3) is 21.8 Å². The van der Waals surface area contributed by atoms with Crippen molar-refractivity contribution < 1.29 is 14.7 Å². The average Bonchev–Trinajstić information content (AvgIpc) is 3.25. The second-order valence-corrected chi connectivity index (χ2v) is 6.53. The Morgan fingerprint density at radius 2 is 1.71 bits per heavy atom. The molecule has 0 bridgehead atoms. The van der Waals surface area contributed by atoms with Gasteiger partial charge in [-0.3, -0.25) is 9.59 Å². The van der Waals surface area contributed by atoms with Crippen molar-refractivity contribution in [3.05, 3.63) is 72.1 Å². The van der Waals surface area contributed by atoms with Crippen LogP contribution in [0.3, 0.4) is 0 Å². The molecule has 0 saturated heterocycles. The van der Waals surface area contributed by atoms with E-state index in [9.17, 15) is 9.59 Å². The number of nitrogens with two attached hydrogens (primary N) is 2. The van der Waals surface area contributed by atoms with Crippen LogP contribution < -0.4 is 11.5 Å². The van der Waals surface area contributed by atoms with Crippen LogP contribution in [0.4, 0.5) is 0 Å². The fourth-order valence-corrected chi connectivity index (χ4v) is 3.04. The molecule has 0 fully saturated rings. The summed E-state index contributed by atoms with van der Waals surface area (Å²) in [5.41, 5.74) is 14.4. The Labute approximate surface area is 161 Å².